The fraction of sp³-hybridized carbons (Fsp3) is 0.250. The maximum atomic E-state index is 13.7. The topological polar surface area (TPSA) is 12.0 Å². The number of anilines is 1. The highest BCUT2D eigenvalue weighted by Gasteiger charge is 2.31. The maximum absolute atomic E-state index is 13.7. The molecule has 110 valence electrons. The molecular formula is C16H13Br2F2N. The second-order valence-corrected chi connectivity index (χ2v) is 6.99. The van der Waals surface area contributed by atoms with Crippen LogP contribution in [0.4, 0.5) is 14.5 Å². The van der Waals surface area contributed by atoms with E-state index in [0.29, 0.717) is 11.6 Å². The van der Waals surface area contributed by atoms with E-state index in [1.807, 2.05) is 18.2 Å². The van der Waals surface area contributed by atoms with Gasteiger partial charge in [-0.1, -0.05) is 34.1 Å². The lowest BCUT2D eigenvalue weighted by atomic mass is 9.76. The SMILES string of the molecule is Fc1cc(F)c(NC2CC(c3ccccc3Br)C2)cc1Br. The first kappa shape index (κ1) is 15.0. The van der Waals surface area contributed by atoms with Gasteiger partial charge in [-0.3, -0.25) is 0 Å². The molecule has 0 radical (unpaired) electrons. The van der Waals surface area contributed by atoms with Crippen molar-refractivity contribution in [2.24, 2.45) is 0 Å². The number of hydrogen-bond donors (Lipinski definition) is 1. The zero-order valence-electron chi connectivity index (χ0n) is 11.0. The second-order valence-electron chi connectivity index (χ2n) is 5.28. The van der Waals surface area contributed by atoms with E-state index in [1.165, 1.54) is 11.6 Å². The van der Waals surface area contributed by atoms with Crippen molar-refractivity contribution in [3.05, 3.63) is 62.5 Å². The molecule has 1 nitrogen and oxygen atoms in total. The van der Waals surface area contributed by atoms with E-state index >= 15 is 0 Å². The summed E-state index contributed by atoms with van der Waals surface area (Å²) in [5, 5.41) is 3.15. The predicted molar refractivity (Wildman–Crippen MR) is 87.6 cm³/mol. The van der Waals surface area contributed by atoms with Gasteiger partial charge in [-0.05, 0) is 52.4 Å². The fourth-order valence-corrected chi connectivity index (χ4v) is 3.60. The second kappa shape index (κ2) is 6.05. The van der Waals surface area contributed by atoms with Crippen LogP contribution in [0.15, 0.2) is 45.3 Å². The van der Waals surface area contributed by atoms with Gasteiger partial charge in [0.05, 0.1) is 10.2 Å². The van der Waals surface area contributed by atoms with Gasteiger partial charge >= 0.3 is 0 Å². The quantitative estimate of drug-likeness (QED) is 0.619. The van der Waals surface area contributed by atoms with Crippen LogP contribution >= 0.6 is 31.9 Å². The lowest BCUT2D eigenvalue weighted by molar-refractivity contribution is 0.371. The minimum absolute atomic E-state index is 0.217. The molecule has 0 saturated heterocycles. The summed E-state index contributed by atoms with van der Waals surface area (Å²) < 4.78 is 28.3. The third-order valence-electron chi connectivity index (χ3n) is 3.85. The number of nitrogens with one attached hydrogen (secondary N) is 1. The Balaban J connectivity index is 1.65. The molecule has 2 aromatic rings. The molecule has 2 aromatic carbocycles. The summed E-state index contributed by atoms with van der Waals surface area (Å²) >= 11 is 6.64. The molecule has 1 saturated carbocycles. The van der Waals surface area contributed by atoms with E-state index in [4.69, 9.17) is 0 Å². The molecule has 5 heteroatoms. The third kappa shape index (κ3) is 3.14. The highest BCUT2D eigenvalue weighted by molar-refractivity contribution is 9.10. The minimum atomic E-state index is -0.585. The molecule has 0 spiro atoms. The van der Waals surface area contributed by atoms with E-state index in [2.05, 4.69) is 43.2 Å². The largest absolute Gasteiger partial charge is 0.380 e. The van der Waals surface area contributed by atoms with Gasteiger partial charge in [-0.2, -0.15) is 0 Å². The summed E-state index contributed by atoms with van der Waals surface area (Å²) in [7, 11) is 0. The monoisotopic (exact) mass is 415 g/mol. The Labute approximate surface area is 139 Å². The standard InChI is InChI=1S/C16H13Br2F2N/c17-12-4-2-1-3-11(12)9-5-10(6-9)21-16-7-13(18)14(19)8-15(16)20/h1-4,7-10,21H,5-6H2. The van der Waals surface area contributed by atoms with Gasteiger partial charge in [-0.25, -0.2) is 8.78 Å². The fourth-order valence-electron chi connectivity index (χ4n) is 2.65. The van der Waals surface area contributed by atoms with Gasteiger partial charge in [0, 0.05) is 16.6 Å². The van der Waals surface area contributed by atoms with Gasteiger partial charge in [0.1, 0.15) is 11.6 Å². The van der Waals surface area contributed by atoms with E-state index in [-0.39, 0.29) is 10.5 Å². The average Bonchev–Trinajstić information content (AvgIpc) is 2.40. The Morgan fingerprint density at radius 3 is 2.38 bits per heavy atom. The first-order valence-corrected chi connectivity index (χ1v) is 8.28. The Bertz CT molecular complexity index is 669. The van der Waals surface area contributed by atoms with Crippen LogP contribution in [-0.2, 0) is 0 Å². The molecule has 0 unspecified atom stereocenters. The number of hydrogen-bond acceptors (Lipinski definition) is 1. The van der Waals surface area contributed by atoms with Crippen LogP contribution < -0.4 is 5.32 Å². The van der Waals surface area contributed by atoms with Crippen molar-refractivity contribution < 1.29 is 8.78 Å². The minimum Gasteiger partial charge on any atom is -0.380 e. The van der Waals surface area contributed by atoms with Crippen LogP contribution in [0, 0.1) is 11.6 Å². The molecule has 1 aliphatic carbocycles. The number of halogens is 4. The third-order valence-corrected chi connectivity index (χ3v) is 5.18. The molecule has 0 aromatic heterocycles. The molecule has 3 rings (SSSR count). The van der Waals surface area contributed by atoms with Crippen LogP contribution in [0.2, 0.25) is 0 Å². The Morgan fingerprint density at radius 2 is 1.67 bits per heavy atom. The lowest BCUT2D eigenvalue weighted by Crippen LogP contribution is -2.34. The molecule has 0 heterocycles. The van der Waals surface area contributed by atoms with Crippen molar-refractivity contribution in [3.8, 4) is 0 Å². The van der Waals surface area contributed by atoms with Gasteiger partial charge in [0.15, 0.2) is 0 Å². The van der Waals surface area contributed by atoms with Crippen molar-refractivity contribution in [1.29, 1.82) is 0 Å². The smallest absolute Gasteiger partial charge is 0.149 e. The summed E-state index contributed by atoms with van der Waals surface area (Å²) in [6, 6.07) is 10.7. The normalized spacial score (nSPS) is 21.0. The maximum Gasteiger partial charge on any atom is 0.149 e. The van der Waals surface area contributed by atoms with E-state index in [9.17, 15) is 8.78 Å². The Hall–Kier alpha value is -0.940. The van der Waals surface area contributed by atoms with Gasteiger partial charge in [0.2, 0.25) is 0 Å². The molecule has 0 atom stereocenters. The Kier molecular flexibility index (Phi) is 4.31. The first-order chi connectivity index (χ1) is 10.0. The highest BCUT2D eigenvalue weighted by Crippen LogP contribution is 2.41. The van der Waals surface area contributed by atoms with Gasteiger partial charge < -0.3 is 5.32 Å². The molecule has 1 fully saturated rings. The summed E-state index contributed by atoms with van der Waals surface area (Å²) in [5.74, 6) is -0.664. The molecule has 0 aliphatic heterocycles. The summed E-state index contributed by atoms with van der Waals surface area (Å²) in [6.45, 7) is 0. The molecule has 0 bridgehead atoms. The zero-order chi connectivity index (χ0) is 15.0. The van der Waals surface area contributed by atoms with Crippen molar-refractivity contribution in [3.63, 3.8) is 0 Å². The number of benzene rings is 2. The summed E-state index contributed by atoms with van der Waals surface area (Å²) in [6.07, 6.45) is 1.88. The van der Waals surface area contributed by atoms with Crippen LogP contribution in [0.25, 0.3) is 0 Å². The van der Waals surface area contributed by atoms with Crippen LogP contribution in [0.5, 0.6) is 0 Å². The van der Waals surface area contributed by atoms with Crippen molar-refractivity contribution in [2.75, 3.05) is 5.32 Å². The zero-order valence-corrected chi connectivity index (χ0v) is 14.2. The first-order valence-electron chi connectivity index (χ1n) is 6.70. The summed E-state index contributed by atoms with van der Waals surface area (Å²) in [5.41, 5.74) is 1.63. The Morgan fingerprint density at radius 1 is 0.952 bits per heavy atom. The highest BCUT2D eigenvalue weighted by atomic mass is 79.9. The van der Waals surface area contributed by atoms with Crippen molar-refractivity contribution >= 4 is 37.5 Å². The average molecular weight is 417 g/mol. The molecule has 1 aliphatic rings. The van der Waals surface area contributed by atoms with Gasteiger partial charge in [0.25, 0.3) is 0 Å². The van der Waals surface area contributed by atoms with Crippen molar-refractivity contribution in [2.45, 2.75) is 24.8 Å². The van der Waals surface area contributed by atoms with Crippen LogP contribution in [0.1, 0.15) is 24.3 Å². The number of rotatable bonds is 3. The van der Waals surface area contributed by atoms with Crippen LogP contribution in [0.3, 0.4) is 0 Å². The summed E-state index contributed by atoms with van der Waals surface area (Å²) in [4.78, 5) is 0. The van der Waals surface area contributed by atoms with E-state index in [0.717, 1.165) is 23.4 Å². The lowest BCUT2D eigenvalue weighted by Gasteiger charge is -2.37. The van der Waals surface area contributed by atoms with E-state index in [1.54, 1.807) is 0 Å². The molecular weight excluding hydrogens is 404 g/mol. The molecule has 1 N–H and O–H groups in total. The van der Waals surface area contributed by atoms with E-state index < -0.39 is 11.6 Å². The predicted octanol–water partition coefficient (Wildman–Crippen LogP) is 5.85. The van der Waals surface area contributed by atoms with Crippen LogP contribution in [-0.4, -0.2) is 6.04 Å². The van der Waals surface area contributed by atoms with Gasteiger partial charge in [-0.15, -0.1) is 0 Å². The molecule has 21 heavy (non-hydrogen) atoms. The van der Waals surface area contributed by atoms with Crippen molar-refractivity contribution in [1.82, 2.24) is 0 Å². The molecule has 0 amide bonds.